The Morgan fingerprint density at radius 3 is 2.69 bits per heavy atom. The van der Waals surface area contributed by atoms with Crippen LogP contribution in [0.25, 0.3) is 0 Å². The lowest BCUT2D eigenvalue weighted by Gasteiger charge is -2.58. The molecule has 3 saturated carbocycles. The van der Waals surface area contributed by atoms with Gasteiger partial charge in [-0.1, -0.05) is 45.8 Å². The average Bonchev–Trinajstić information content (AvgIpc) is 3.15. The SMILES string of the molecule is CC1CCC2(NC1)OC1CC3C4CC=C5CCCC[C@]5(C)C4CC[C@]3(C)C1C2C. The van der Waals surface area contributed by atoms with Crippen molar-refractivity contribution in [3.8, 4) is 0 Å². The average molecular weight is 398 g/mol. The Balaban J connectivity index is 1.29. The third kappa shape index (κ3) is 2.48. The maximum atomic E-state index is 7.02. The van der Waals surface area contributed by atoms with Crippen LogP contribution in [0.3, 0.4) is 0 Å². The molecule has 0 radical (unpaired) electrons. The summed E-state index contributed by atoms with van der Waals surface area (Å²) < 4.78 is 7.02. The first-order valence-electron chi connectivity index (χ1n) is 13.0. The van der Waals surface area contributed by atoms with Gasteiger partial charge in [-0.15, -0.1) is 0 Å². The fraction of sp³-hybridized carbons (Fsp3) is 0.926. The Bertz CT molecular complexity index is 705. The number of ether oxygens (including phenoxy) is 1. The van der Waals surface area contributed by atoms with Crippen LogP contribution in [-0.4, -0.2) is 18.4 Å². The molecule has 2 saturated heterocycles. The highest BCUT2D eigenvalue weighted by molar-refractivity contribution is 5.25. The van der Waals surface area contributed by atoms with Gasteiger partial charge in [0.1, 0.15) is 5.72 Å². The van der Waals surface area contributed by atoms with Gasteiger partial charge in [0.05, 0.1) is 6.10 Å². The molecule has 4 aliphatic carbocycles. The molecule has 162 valence electrons. The van der Waals surface area contributed by atoms with Gasteiger partial charge in [0, 0.05) is 12.5 Å². The number of fused-ring (bicyclic) bond motifs is 7. The molecule has 2 nitrogen and oxygen atoms in total. The fourth-order valence-electron chi connectivity index (χ4n) is 9.89. The Labute approximate surface area is 178 Å². The van der Waals surface area contributed by atoms with Crippen molar-refractivity contribution >= 4 is 0 Å². The van der Waals surface area contributed by atoms with Crippen molar-refractivity contribution < 1.29 is 4.74 Å². The van der Waals surface area contributed by atoms with Crippen LogP contribution in [0.15, 0.2) is 11.6 Å². The number of allylic oxidation sites excluding steroid dienone is 2. The quantitative estimate of drug-likeness (QED) is 0.483. The largest absolute Gasteiger partial charge is 0.357 e. The van der Waals surface area contributed by atoms with E-state index in [1.807, 2.05) is 5.57 Å². The monoisotopic (exact) mass is 397 g/mol. The molecule has 10 atom stereocenters. The summed E-state index contributed by atoms with van der Waals surface area (Å²) in [5, 5.41) is 3.90. The number of rotatable bonds is 0. The number of hydrogen-bond acceptors (Lipinski definition) is 2. The summed E-state index contributed by atoms with van der Waals surface area (Å²) >= 11 is 0. The van der Waals surface area contributed by atoms with E-state index in [0.717, 1.165) is 36.1 Å². The van der Waals surface area contributed by atoms with Crippen molar-refractivity contribution in [2.45, 2.75) is 104 Å². The van der Waals surface area contributed by atoms with Crippen molar-refractivity contribution in [2.75, 3.05) is 6.54 Å². The maximum absolute atomic E-state index is 7.02. The van der Waals surface area contributed by atoms with Crippen LogP contribution in [0.1, 0.15) is 91.9 Å². The van der Waals surface area contributed by atoms with Gasteiger partial charge < -0.3 is 4.74 Å². The van der Waals surface area contributed by atoms with Crippen LogP contribution in [-0.2, 0) is 4.74 Å². The first-order chi connectivity index (χ1) is 13.9. The van der Waals surface area contributed by atoms with E-state index in [2.05, 4.69) is 39.1 Å². The zero-order chi connectivity index (χ0) is 20.0. The van der Waals surface area contributed by atoms with Gasteiger partial charge in [-0.2, -0.15) is 0 Å². The van der Waals surface area contributed by atoms with Gasteiger partial charge >= 0.3 is 0 Å². The van der Waals surface area contributed by atoms with Gasteiger partial charge in [-0.25, -0.2) is 0 Å². The molecular weight excluding hydrogens is 354 g/mol. The second kappa shape index (κ2) is 6.35. The topological polar surface area (TPSA) is 21.3 Å². The summed E-state index contributed by atoms with van der Waals surface area (Å²) in [5.41, 5.74) is 2.85. The van der Waals surface area contributed by atoms with Gasteiger partial charge in [-0.3, -0.25) is 5.32 Å². The normalized spacial score (nSPS) is 58.9. The first-order valence-corrected chi connectivity index (χ1v) is 13.0. The fourth-order valence-corrected chi connectivity index (χ4v) is 9.89. The van der Waals surface area contributed by atoms with E-state index in [0.29, 0.717) is 22.9 Å². The second-order valence-corrected chi connectivity index (χ2v) is 12.6. The summed E-state index contributed by atoms with van der Waals surface area (Å²) in [6, 6.07) is 0. The zero-order valence-electron chi connectivity index (χ0n) is 19.3. The minimum absolute atomic E-state index is 0.0122. The van der Waals surface area contributed by atoms with E-state index in [1.165, 1.54) is 64.2 Å². The molecule has 6 rings (SSSR count). The lowest BCUT2D eigenvalue weighted by Crippen LogP contribution is -2.56. The zero-order valence-corrected chi connectivity index (χ0v) is 19.3. The standard InChI is InChI=1S/C27H43NO/c1-17-10-14-27(28-16-17)18(2)24-23(29-27)15-22-20-9-8-19-7-5-6-12-25(19,3)21(20)11-13-26(22,24)4/h8,17-18,20-24,28H,5-7,9-16H2,1-4H3/t17?,18?,20?,21?,22?,23?,24?,25-,26-,27?/m0/s1. The summed E-state index contributed by atoms with van der Waals surface area (Å²) in [4.78, 5) is 0. The molecule has 0 aromatic carbocycles. The van der Waals surface area contributed by atoms with E-state index in [9.17, 15) is 0 Å². The van der Waals surface area contributed by atoms with E-state index in [4.69, 9.17) is 4.74 Å². The van der Waals surface area contributed by atoms with Crippen molar-refractivity contribution in [1.29, 1.82) is 0 Å². The van der Waals surface area contributed by atoms with Crippen LogP contribution >= 0.6 is 0 Å². The van der Waals surface area contributed by atoms with E-state index in [-0.39, 0.29) is 5.72 Å². The first kappa shape index (κ1) is 19.4. The van der Waals surface area contributed by atoms with E-state index < -0.39 is 0 Å². The second-order valence-electron chi connectivity index (χ2n) is 12.6. The highest BCUT2D eigenvalue weighted by atomic mass is 16.5. The van der Waals surface area contributed by atoms with Crippen molar-refractivity contribution in [1.82, 2.24) is 5.32 Å². The lowest BCUT2D eigenvalue weighted by atomic mass is 9.47. The third-order valence-electron chi connectivity index (χ3n) is 11.5. The molecule has 1 spiro atoms. The van der Waals surface area contributed by atoms with Crippen LogP contribution in [0.5, 0.6) is 0 Å². The summed E-state index contributed by atoms with van der Waals surface area (Å²) in [6.45, 7) is 11.4. The molecule has 0 aromatic heterocycles. The van der Waals surface area contributed by atoms with Gasteiger partial charge in [0.15, 0.2) is 0 Å². The number of nitrogens with one attached hydrogen (secondary N) is 1. The summed E-state index contributed by atoms with van der Waals surface area (Å²) in [5.74, 6) is 4.96. The summed E-state index contributed by atoms with van der Waals surface area (Å²) in [6.07, 6.45) is 17.1. The molecule has 0 aromatic rings. The molecule has 8 unspecified atom stereocenters. The maximum Gasteiger partial charge on any atom is 0.122 e. The lowest BCUT2D eigenvalue weighted by molar-refractivity contribution is -0.114. The molecule has 2 heteroatoms. The molecule has 29 heavy (non-hydrogen) atoms. The number of hydrogen-bond donors (Lipinski definition) is 1. The highest BCUT2D eigenvalue weighted by Gasteiger charge is 2.67. The molecule has 6 aliphatic rings. The van der Waals surface area contributed by atoms with E-state index in [1.54, 1.807) is 0 Å². The van der Waals surface area contributed by atoms with E-state index >= 15 is 0 Å². The van der Waals surface area contributed by atoms with Gasteiger partial charge in [0.25, 0.3) is 0 Å². The number of piperidine rings is 1. The Morgan fingerprint density at radius 1 is 1.03 bits per heavy atom. The Morgan fingerprint density at radius 2 is 1.90 bits per heavy atom. The Hall–Kier alpha value is -0.340. The molecule has 0 amide bonds. The minimum atomic E-state index is -0.0122. The van der Waals surface area contributed by atoms with Gasteiger partial charge in [0.2, 0.25) is 0 Å². The molecule has 0 bridgehead atoms. The molecule has 2 aliphatic heterocycles. The molecule has 5 fully saturated rings. The Kier molecular flexibility index (Phi) is 4.23. The minimum Gasteiger partial charge on any atom is -0.357 e. The van der Waals surface area contributed by atoms with Crippen LogP contribution < -0.4 is 5.32 Å². The van der Waals surface area contributed by atoms with Gasteiger partial charge in [-0.05, 0) is 98.2 Å². The molecular formula is C27H43NO. The smallest absolute Gasteiger partial charge is 0.122 e. The van der Waals surface area contributed by atoms with Crippen LogP contribution in [0.4, 0.5) is 0 Å². The molecule has 2 heterocycles. The van der Waals surface area contributed by atoms with Crippen molar-refractivity contribution in [2.24, 2.45) is 46.3 Å². The van der Waals surface area contributed by atoms with Crippen molar-refractivity contribution in [3.05, 3.63) is 11.6 Å². The summed E-state index contributed by atoms with van der Waals surface area (Å²) in [7, 11) is 0. The van der Waals surface area contributed by atoms with Crippen LogP contribution in [0, 0.1) is 46.3 Å². The van der Waals surface area contributed by atoms with Crippen LogP contribution in [0.2, 0.25) is 0 Å². The van der Waals surface area contributed by atoms with Crippen molar-refractivity contribution in [3.63, 3.8) is 0 Å². The highest BCUT2D eigenvalue weighted by Crippen LogP contribution is 2.70. The molecule has 1 N–H and O–H groups in total. The predicted octanol–water partition coefficient (Wildman–Crippen LogP) is 6.32. The third-order valence-corrected chi connectivity index (χ3v) is 11.5. The predicted molar refractivity (Wildman–Crippen MR) is 118 cm³/mol.